The maximum absolute atomic E-state index is 13.4. The van der Waals surface area contributed by atoms with Crippen LogP contribution in [0.4, 0.5) is 4.39 Å². The summed E-state index contributed by atoms with van der Waals surface area (Å²) in [5.41, 5.74) is 10.7. The average Bonchev–Trinajstić information content (AvgIpc) is 3.15. The summed E-state index contributed by atoms with van der Waals surface area (Å²) in [6, 6.07) is 4.51. The van der Waals surface area contributed by atoms with E-state index in [4.69, 9.17) is 4.98 Å². The minimum absolute atomic E-state index is 0.0221. The Balaban J connectivity index is 1.67. The summed E-state index contributed by atoms with van der Waals surface area (Å²) in [4.78, 5) is 24.3. The molecular formula is C20H24FN5O. The van der Waals surface area contributed by atoms with Gasteiger partial charge in [0.15, 0.2) is 0 Å². The molecule has 2 aromatic rings. The number of benzene rings is 1. The van der Waals surface area contributed by atoms with Crippen molar-refractivity contribution in [1.82, 2.24) is 25.7 Å². The first-order valence-electron chi connectivity index (χ1n) is 9.36. The number of nitrogens with zero attached hydrogens (tertiary/aromatic N) is 3. The number of hydrazine groups is 1. The highest BCUT2D eigenvalue weighted by Gasteiger charge is 2.33. The average molecular weight is 369 g/mol. The van der Waals surface area contributed by atoms with E-state index in [-0.39, 0.29) is 23.8 Å². The highest BCUT2D eigenvalue weighted by Crippen LogP contribution is 2.30. The molecule has 0 saturated carbocycles. The minimum Gasteiger partial charge on any atom is -0.330 e. The van der Waals surface area contributed by atoms with Crippen LogP contribution in [-0.4, -0.2) is 33.4 Å². The van der Waals surface area contributed by atoms with Gasteiger partial charge in [-0.1, -0.05) is 0 Å². The largest absolute Gasteiger partial charge is 0.330 e. The van der Waals surface area contributed by atoms with Gasteiger partial charge in [-0.15, -0.1) is 0 Å². The van der Waals surface area contributed by atoms with E-state index in [9.17, 15) is 9.18 Å². The number of nitrogens with one attached hydrogen (secondary N) is 2. The van der Waals surface area contributed by atoms with Crippen LogP contribution in [0.25, 0.3) is 0 Å². The molecular weight excluding hydrogens is 345 g/mol. The lowest BCUT2D eigenvalue weighted by Gasteiger charge is -2.36. The number of carbonyl (C=O) groups excluding carboxylic acids is 1. The molecule has 0 aliphatic carbocycles. The van der Waals surface area contributed by atoms with Crippen molar-refractivity contribution in [3.63, 3.8) is 0 Å². The Hall–Kier alpha value is -2.38. The second kappa shape index (κ2) is 6.98. The number of aromatic nitrogens is 2. The summed E-state index contributed by atoms with van der Waals surface area (Å²) in [5, 5.41) is 0. The van der Waals surface area contributed by atoms with Crippen LogP contribution in [-0.2, 0) is 13.0 Å². The highest BCUT2D eigenvalue weighted by atomic mass is 19.1. The van der Waals surface area contributed by atoms with Gasteiger partial charge >= 0.3 is 0 Å². The first-order valence-corrected chi connectivity index (χ1v) is 9.36. The van der Waals surface area contributed by atoms with Crippen molar-refractivity contribution in [2.24, 2.45) is 0 Å². The number of amides is 1. The molecule has 4 rings (SSSR count). The molecule has 1 aromatic carbocycles. The molecule has 2 unspecified atom stereocenters. The van der Waals surface area contributed by atoms with E-state index in [1.54, 1.807) is 13.0 Å². The van der Waals surface area contributed by atoms with Crippen LogP contribution < -0.4 is 10.9 Å². The van der Waals surface area contributed by atoms with Gasteiger partial charge in [-0.2, -0.15) is 0 Å². The Bertz CT molecular complexity index is 894. The fourth-order valence-corrected chi connectivity index (χ4v) is 4.02. The molecule has 2 aliphatic rings. The summed E-state index contributed by atoms with van der Waals surface area (Å²) < 4.78 is 13.4. The summed E-state index contributed by atoms with van der Waals surface area (Å²) in [7, 11) is 0. The van der Waals surface area contributed by atoms with Gasteiger partial charge in [-0.25, -0.2) is 19.8 Å². The second-order valence-electron chi connectivity index (χ2n) is 7.44. The molecule has 2 N–H and O–H groups in total. The van der Waals surface area contributed by atoms with Gasteiger partial charge < -0.3 is 4.90 Å². The first-order chi connectivity index (χ1) is 12.9. The van der Waals surface area contributed by atoms with Gasteiger partial charge in [0.1, 0.15) is 11.6 Å². The molecule has 6 nitrogen and oxygen atoms in total. The first kappa shape index (κ1) is 18.0. The maximum Gasteiger partial charge on any atom is 0.254 e. The van der Waals surface area contributed by atoms with Gasteiger partial charge in [-0.05, 0) is 57.4 Å². The topological polar surface area (TPSA) is 70.2 Å². The van der Waals surface area contributed by atoms with E-state index in [0.29, 0.717) is 17.7 Å². The van der Waals surface area contributed by atoms with E-state index in [2.05, 4.69) is 15.8 Å². The lowest BCUT2D eigenvalue weighted by atomic mass is 9.93. The van der Waals surface area contributed by atoms with Crippen molar-refractivity contribution in [1.29, 1.82) is 0 Å². The Kier molecular flexibility index (Phi) is 4.65. The standard InChI is InChI=1S/C20H24FN5O/c1-11-8-14(21)4-5-15(11)20(27)26-10-18-16(9-12(26)2)19(24-13(3)23-18)17-6-7-22-25-17/h4-5,8,12,17,22,25H,6-7,9-10H2,1-3H3. The van der Waals surface area contributed by atoms with Crippen molar-refractivity contribution < 1.29 is 9.18 Å². The number of hydrogen-bond donors (Lipinski definition) is 2. The molecule has 2 aliphatic heterocycles. The molecule has 3 heterocycles. The second-order valence-corrected chi connectivity index (χ2v) is 7.44. The van der Waals surface area contributed by atoms with Gasteiger partial charge in [0.2, 0.25) is 0 Å². The predicted molar refractivity (Wildman–Crippen MR) is 99.4 cm³/mol. The molecule has 142 valence electrons. The molecule has 1 saturated heterocycles. The number of halogens is 1. The van der Waals surface area contributed by atoms with Crippen LogP contribution in [0.5, 0.6) is 0 Å². The number of rotatable bonds is 2. The van der Waals surface area contributed by atoms with Crippen LogP contribution in [0.1, 0.15) is 58.1 Å². The summed E-state index contributed by atoms with van der Waals surface area (Å²) in [5.74, 6) is 0.313. The normalized spacial score (nSPS) is 22.0. The molecule has 0 spiro atoms. The number of fused-ring (bicyclic) bond motifs is 1. The molecule has 27 heavy (non-hydrogen) atoms. The SMILES string of the molecule is Cc1nc2c(c(C3CCNN3)n1)CC(C)N(C(=O)c1ccc(F)cc1C)C2. The summed E-state index contributed by atoms with van der Waals surface area (Å²) in [6.07, 6.45) is 1.70. The van der Waals surface area contributed by atoms with Crippen LogP contribution in [0.3, 0.4) is 0 Å². The maximum atomic E-state index is 13.4. The fourth-order valence-electron chi connectivity index (χ4n) is 4.02. The molecule has 7 heteroatoms. The predicted octanol–water partition coefficient (Wildman–Crippen LogP) is 2.36. The molecule has 1 fully saturated rings. The third kappa shape index (κ3) is 3.33. The van der Waals surface area contributed by atoms with Crippen molar-refractivity contribution >= 4 is 5.91 Å². The third-order valence-corrected chi connectivity index (χ3v) is 5.43. The summed E-state index contributed by atoms with van der Waals surface area (Å²) >= 11 is 0. The Labute approximate surface area is 158 Å². The zero-order valence-corrected chi connectivity index (χ0v) is 15.8. The van der Waals surface area contributed by atoms with E-state index in [0.717, 1.165) is 42.2 Å². The van der Waals surface area contributed by atoms with Crippen molar-refractivity contribution in [3.8, 4) is 0 Å². The minimum atomic E-state index is -0.327. The van der Waals surface area contributed by atoms with Crippen LogP contribution >= 0.6 is 0 Å². The van der Waals surface area contributed by atoms with E-state index in [1.165, 1.54) is 12.1 Å². The van der Waals surface area contributed by atoms with Crippen LogP contribution in [0, 0.1) is 19.7 Å². The van der Waals surface area contributed by atoms with Crippen molar-refractivity contribution in [2.45, 2.75) is 52.2 Å². The van der Waals surface area contributed by atoms with Gasteiger partial charge in [0.05, 0.1) is 24.0 Å². The van der Waals surface area contributed by atoms with Crippen LogP contribution in [0.2, 0.25) is 0 Å². The fraction of sp³-hybridized carbons (Fsp3) is 0.450. The summed E-state index contributed by atoms with van der Waals surface area (Å²) in [6.45, 7) is 7.06. The van der Waals surface area contributed by atoms with E-state index in [1.807, 2.05) is 18.7 Å². The monoisotopic (exact) mass is 369 g/mol. The molecule has 1 amide bonds. The third-order valence-electron chi connectivity index (χ3n) is 5.43. The van der Waals surface area contributed by atoms with E-state index < -0.39 is 0 Å². The smallest absolute Gasteiger partial charge is 0.254 e. The number of hydrogen-bond acceptors (Lipinski definition) is 5. The van der Waals surface area contributed by atoms with Crippen molar-refractivity contribution in [2.75, 3.05) is 6.54 Å². The molecule has 1 aromatic heterocycles. The zero-order valence-electron chi connectivity index (χ0n) is 15.8. The van der Waals surface area contributed by atoms with Gasteiger partial charge in [-0.3, -0.25) is 10.2 Å². The molecule has 0 radical (unpaired) electrons. The Morgan fingerprint density at radius 3 is 2.81 bits per heavy atom. The van der Waals surface area contributed by atoms with E-state index >= 15 is 0 Å². The lowest BCUT2D eigenvalue weighted by molar-refractivity contribution is 0.0652. The Morgan fingerprint density at radius 1 is 1.30 bits per heavy atom. The highest BCUT2D eigenvalue weighted by molar-refractivity contribution is 5.96. The van der Waals surface area contributed by atoms with Gasteiger partial charge in [0.25, 0.3) is 5.91 Å². The molecule has 2 atom stereocenters. The lowest BCUT2D eigenvalue weighted by Crippen LogP contribution is -2.44. The Morgan fingerprint density at radius 2 is 2.11 bits per heavy atom. The van der Waals surface area contributed by atoms with Crippen molar-refractivity contribution in [3.05, 3.63) is 57.9 Å². The molecule has 0 bridgehead atoms. The number of aryl methyl sites for hydroxylation is 2. The zero-order chi connectivity index (χ0) is 19.1. The quantitative estimate of drug-likeness (QED) is 0.850. The number of carbonyl (C=O) groups is 1. The van der Waals surface area contributed by atoms with Gasteiger partial charge in [0, 0.05) is 23.7 Å². The van der Waals surface area contributed by atoms with Crippen LogP contribution in [0.15, 0.2) is 18.2 Å².